The summed E-state index contributed by atoms with van der Waals surface area (Å²) in [6.07, 6.45) is 14.3. The third-order valence-corrected chi connectivity index (χ3v) is 4.15. The topological polar surface area (TPSA) is 38.0 Å². The Hall–Kier alpha value is -0.510. The van der Waals surface area contributed by atoms with Crippen molar-refractivity contribution in [1.82, 2.24) is 4.72 Å². The standard InChI is InChI=1S/C10H17NS.C7H15N/c1-5-9(2)7-6-8-10(3)12-11-4;8-6-7-4-2-1-3-5-7/h5-7,11H,3,8H2,1-2,4H3;7H,1-6,8H2/b7-6?,9-5-;. The van der Waals surface area contributed by atoms with E-state index < -0.39 is 0 Å². The Morgan fingerprint density at radius 1 is 1.35 bits per heavy atom. The van der Waals surface area contributed by atoms with Crippen LogP contribution in [0, 0.1) is 5.92 Å². The summed E-state index contributed by atoms with van der Waals surface area (Å²) in [6.45, 7) is 8.94. The van der Waals surface area contributed by atoms with Crippen LogP contribution >= 0.6 is 11.9 Å². The predicted molar refractivity (Wildman–Crippen MR) is 94.6 cm³/mol. The maximum Gasteiger partial charge on any atom is -0.00270 e. The molecule has 0 atom stereocenters. The van der Waals surface area contributed by atoms with Crippen LogP contribution in [-0.2, 0) is 0 Å². The SMILES string of the molecule is C=C(CC=C/C(C)=C\C)SNC.NCC1CCCCC1. The molecule has 0 aromatic rings. The summed E-state index contributed by atoms with van der Waals surface area (Å²) in [5.74, 6) is 0.865. The summed E-state index contributed by atoms with van der Waals surface area (Å²) >= 11 is 1.58. The van der Waals surface area contributed by atoms with Crippen LogP contribution in [0.1, 0.15) is 52.4 Å². The van der Waals surface area contributed by atoms with E-state index in [4.69, 9.17) is 5.73 Å². The van der Waals surface area contributed by atoms with Gasteiger partial charge >= 0.3 is 0 Å². The van der Waals surface area contributed by atoms with Gasteiger partial charge in [-0.2, -0.15) is 0 Å². The van der Waals surface area contributed by atoms with Gasteiger partial charge in [0.1, 0.15) is 0 Å². The predicted octanol–water partition coefficient (Wildman–Crippen LogP) is 4.81. The van der Waals surface area contributed by atoms with Crippen molar-refractivity contribution in [3.8, 4) is 0 Å². The molecule has 3 N–H and O–H groups in total. The first-order valence-corrected chi connectivity index (χ1v) is 8.46. The first kappa shape index (κ1) is 19.5. The second kappa shape index (κ2) is 13.5. The second-order valence-corrected chi connectivity index (χ2v) is 6.41. The largest absolute Gasteiger partial charge is 0.330 e. The monoisotopic (exact) mass is 296 g/mol. The Kier molecular flexibility index (Phi) is 13.1. The molecule has 0 spiro atoms. The highest BCUT2D eigenvalue weighted by Crippen LogP contribution is 2.21. The minimum absolute atomic E-state index is 0.865. The second-order valence-electron chi connectivity index (χ2n) is 5.22. The van der Waals surface area contributed by atoms with Crippen molar-refractivity contribution in [1.29, 1.82) is 0 Å². The number of rotatable bonds is 6. The molecule has 1 fully saturated rings. The van der Waals surface area contributed by atoms with E-state index in [1.807, 2.05) is 14.0 Å². The molecule has 20 heavy (non-hydrogen) atoms. The Labute approximate surface area is 130 Å². The van der Waals surface area contributed by atoms with Crippen molar-refractivity contribution in [3.05, 3.63) is 35.3 Å². The van der Waals surface area contributed by atoms with Crippen molar-refractivity contribution in [2.45, 2.75) is 52.4 Å². The molecular formula is C17H32N2S. The zero-order valence-electron chi connectivity index (χ0n) is 13.5. The molecule has 1 aliphatic carbocycles. The molecule has 2 nitrogen and oxygen atoms in total. The molecule has 0 radical (unpaired) electrons. The number of nitrogens with one attached hydrogen (secondary N) is 1. The van der Waals surface area contributed by atoms with Gasteiger partial charge in [0, 0.05) is 0 Å². The minimum Gasteiger partial charge on any atom is -0.330 e. The van der Waals surface area contributed by atoms with Gasteiger partial charge in [-0.1, -0.05) is 61.6 Å². The summed E-state index contributed by atoms with van der Waals surface area (Å²) in [5.41, 5.74) is 6.79. The highest BCUT2D eigenvalue weighted by molar-refractivity contribution is 8.01. The summed E-state index contributed by atoms with van der Waals surface area (Å²) in [7, 11) is 1.90. The molecule has 1 saturated carbocycles. The van der Waals surface area contributed by atoms with Crippen LogP contribution < -0.4 is 10.5 Å². The molecule has 1 rings (SSSR count). The van der Waals surface area contributed by atoms with Gasteiger partial charge < -0.3 is 5.73 Å². The fraction of sp³-hybridized carbons (Fsp3) is 0.647. The lowest BCUT2D eigenvalue weighted by molar-refractivity contribution is 0.366. The smallest absolute Gasteiger partial charge is 0.00270 e. The van der Waals surface area contributed by atoms with E-state index in [2.05, 4.69) is 36.5 Å². The molecule has 116 valence electrons. The lowest BCUT2D eigenvalue weighted by Gasteiger charge is -2.18. The van der Waals surface area contributed by atoms with Gasteiger partial charge in [0.15, 0.2) is 0 Å². The Morgan fingerprint density at radius 3 is 2.45 bits per heavy atom. The third kappa shape index (κ3) is 11.3. The summed E-state index contributed by atoms with van der Waals surface area (Å²) in [4.78, 5) is 1.14. The van der Waals surface area contributed by atoms with Gasteiger partial charge in [0.2, 0.25) is 0 Å². The van der Waals surface area contributed by atoms with Crippen LogP contribution in [0.3, 0.4) is 0 Å². The van der Waals surface area contributed by atoms with Crippen molar-refractivity contribution in [3.63, 3.8) is 0 Å². The molecule has 1 aliphatic rings. The molecule has 0 bridgehead atoms. The maximum absolute atomic E-state index is 5.50. The third-order valence-electron chi connectivity index (χ3n) is 3.49. The number of allylic oxidation sites excluding steroid dienone is 5. The molecule has 3 heteroatoms. The van der Waals surface area contributed by atoms with Gasteiger partial charge in [-0.3, -0.25) is 4.72 Å². The van der Waals surface area contributed by atoms with Crippen LogP contribution in [0.4, 0.5) is 0 Å². The van der Waals surface area contributed by atoms with E-state index in [1.165, 1.54) is 37.7 Å². The van der Waals surface area contributed by atoms with Crippen LogP contribution in [0.2, 0.25) is 0 Å². The number of nitrogens with two attached hydrogens (primary N) is 1. The van der Waals surface area contributed by atoms with Crippen molar-refractivity contribution >= 4 is 11.9 Å². The van der Waals surface area contributed by atoms with Crippen molar-refractivity contribution < 1.29 is 0 Å². The van der Waals surface area contributed by atoms with Gasteiger partial charge in [-0.25, -0.2) is 0 Å². The van der Waals surface area contributed by atoms with E-state index in [0.29, 0.717) is 0 Å². The highest BCUT2D eigenvalue weighted by Gasteiger charge is 2.09. The molecule has 0 unspecified atom stereocenters. The fourth-order valence-corrected chi connectivity index (χ4v) is 2.55. The average Bonchev–Trinajstić information content (AvgIpc) is 2.49. The quantitative estimate of drug-likeness (QED) is 0.546. The maximum atomic E-state index is 5.50. The van der Waals surface area contributed by atoms with Crippen LogP contribution in [0.5, 0.6) is 0 Å². The average molecular weight is 297 g/mol. The molecule has 0 saturated heterocycles. The molecular weight excluding hydrogens is 264 g/mol. The Balaban J connectivity index is 0.000000388. The first-order chi connectivity index (χ1) is 9.63. The molecule has 0 aliphatic heterocycles. The van der Waals surface area contributed by atoms with Crippen LogP contribution in [0.15, 0.2) is 35.3 Å². The Bertz CT molecular complexity index is 302. The number of hydrogen-bond donors (Lipinski definition) is 2. The minimum atomic E-state index is 0.865. The van der Waals surface area contributed by atoms with Crippen LogP contribution in [0.25, 0.3) is 0 Å². The molecule has 0 heterocycles. The molecule has 0 aromatic heterocycles. The van der Waals surface area contributed by atoms with E-state index in [9.17, 15) is 0 Å². The van der Waals surface area contributed by atoms with Gasteiger partial charge in [-0.15, -0.1) is 0 Å². The van der Waals surface area contributed by atoms with E-state index >= 15 is 0 Å². The lowest BCUT2D eigenvalue weighted by atomic mass is 9.90. The lowest BCUT2D eigenvalue weighted by Crippen LogP contribution is -2.16. The zero-order chi connectivity index (χ0) is 15.2. The van der Waals surface area contributed by atoms with E-state index in [1.54, 1.807) is 11.9 Å². The Morgan fingerprint density at radius 2 is 2.00 bits per heavy atom. The zero-order valence-corrected chi connectivity index (χ0v) is 14.3. The molecule has 0 amide bonds. The summed E-state index contributed by atoms with van der Waals surface area (Å²) in [5, 5.41) is 0. The van der Waals surface area contributed by atoms with E-state index in [0.717, 1.165) is 23.8 Å². The van der Waals surface area contributed by atoms with Gasteiger partial charge in [-0.05, 0) is 57.5 Å². The first-order valence-electron chi connectivity index (χ1n) is 7.64. The normalized spacial score (nSPS) is 16.9. The van der Waals surface area contributed by atoms with Crippen LogP contribution in [-0.4, -0.2) is 13.6 Å². The summed E-state index contributed by atoms with van der Waals surface area (Å²) in [6, 6.07) is 0. The van der Waals surface area contributed by atoms with Crippen molar-refractivity contribution in [2.24, 2.45) is 11.7 Å². The van der Waals surface area contributed by atoms with E-state index in [-0.39, 0.29) is 0 Å². The van der Waals surface area contributed by atoms with Gasteiger partial charge in [0.25, 0.3) is 0 Å². The molecule has 0 aromatic carbocycles. The van der Waals surface area contributed by atoms with Gasteiger partial charge in [0.05, 0.1) is 0 Å². The highest BCUT2D eigenvalue weighted by atomic mass is 32.2. The van der Waals surface area contributed by atoms with Crippen molar-refractivity contribution in [2.75, 3.05) is 13.6 Å². The fourth-order valence-electron chi connectivity index (χ4n) is 2.08. The number of hydrogen-bond acceptors (Lipinski definition) is 3. The summed E-state index contributed by atoms with van der Waals surface area (Å²) < 4.78 is 2.99.